The van der Waals surface area contributed by atoms with E-state index in [2.05, 4.69) is 4.98 Å². The van der Waals surface area contributed by atoms with E-state index < -0.39 is 29.7 Å². The number of rotatable bonds is 4. The Hall–Kier alpha value is -1.47. The second-order valence-electron chi connectivity index (χ2n) is 2.18. The highest BCUT2D eigenvalue weighted by Gasteiger charge is 2.18. The van der Waals surface area contributed by atoms with Crippen molar-refractivity contribution in [3.63, 3.8) is 0 Å². The molecule has 0 atom stereocenters. The fourth-order valence-corrected chi connectivity index (χ4v) is 0.922. The van der Waals surface area contributed by atoms with Crippen LogP contribution in [0, 0.1) is 10.1 Å². The zero-order valence-electron chi connectivity index (χ0n) is 8.54. The first-order valence-electron chi connectivity index (χ1n) is 4.41. The summed E-state index contributed by atoms with van der Waals surface area (Å²) in [7, 11) is 0. The Morgan fingerprint density at radius 3 is 2.92 bits per heavy atom. The Morgan fingerprint density at radius 1 is 1.77 bits per heavy atom. The van der Waals surface area contributed by atoms with Gasteiger partial charge in [0.25, 0.3) is 0 Å². The summed E-state index contributed by atoms with van der Waals surface area (Å²) >= 11 is 0. The molecule has 0 bridgehead atoms. The van der Waals surface area contributed by atoms with Crippen molar-refractivity contribution in [2.45, 2.75) is 13.1 Å². The molecule has 7 nitrogen and oxygen atoms in total. The van der Waals surface area contributed by atoms with Gasteiger partial charge in [-0.2, -0.15) is 0 Å². The van der Waals surface area contributed by atoms with Gasteiger partial charge in [0.2, 0.25) is 5.82 Å². The lowest BCUT2D eigenvalue weighted by atomic mass is 10.5. The van der Waals surface area contributed by atoms with Crippen molar-refractivity contribution in [3.8, 4) is 0 Å². The molecule has 7 heteroatoms. The topological polar surface area (TPSA) is 101 Å². The zero-order valence-corrected chi connectivity index (χ0v) is 6.54. The minimum atomic E-state index is -2.77. The quantitative estimate of drug-likeness (QED) is 0.480. The maximum atomic E-state index is 10.5. The maximum absolute atomic E-state index is 10.5. The molecule has 0 aromatic carbocycles. The largest absolute Gasteiger partial charge is 0.392 e. The highest BCUT2D eigenvalue weighted by Crippen LogP contribution is 2.13. The fourth-order valence-electron chi connectivity index (χ4n) is 0.922. The van der Waals surface area contributed by atoms with Crippen LogP contribution in [0.25, 0.3) is 0 Å². The Balaban J connectivity index is 3.24. The maximum Gasteiger partial charge on any atom is 0.343 e. The SMILES string of the molecule is [2H]C([2H])(O)c1ncc([N+](=O)[O-])n1CCO. The van der Waals surface area contributed by atoms with E-state index in [1.165, 1.54) is 0 Å². The normalized spacial score (nSPS) is 13.7. The van der Waals surface area contributed by atoms with Gasteiger partial charge in [0.05, 0.1) is 9.35 Å². The van der Waals surface area contributed by atoms with Crippen LogP contribution >= 0.6 is 0 Å². The van der Waals surface area contributed by atoms with Crippen LogP contribution < -0.4 is 0 Å². The van der Waals surface area contributed by atoms with Crippen molar-refractivity contribution in [2.75, 3.05) is 6.61 Å². The number of aliphatic hydroxyl groups is 2. The molecule has 1 rings (SSSR count). The zero-order chi connectivity index (χ0) is 11.6. The van der Waals surface area contributed by atoms with Crippen molar-refractivity contribution < 1.29 is 17.9 Å². The standard InChI is InChI=1S/C6H9N3O4/c10-2-1-8-5(4-11)7-3-6(8)9(12)13/h3,10-11H,1-2,4H2/i4D2. The van der Waals surface area contributed by atoms with Crippen LogP contribution in [-0.4, -0.2) is 31.3 Å². The van der Waals surface area contributed by atoms with Gasteiger partial charge in [-0.05, 0) is 4.92 Å². The molecule has 0 aliphatic carbocycles. The smallest absolute Gasteiger partial charge is 0.343 e. The Morgan fingerprint density at radius 2 is 2.46 bits per heavy atom. The molecule has 0 radical (unpaired) electrons. The minimum Gasteiger partial charge on any atom is -0.392 e. The lowest BCUT2D eigenvalue weighted by Crippen LogP contribution is -2.09. The molecule has 1 aromatic heterocycles. The minimum absolute atomic E-state index is 0.203. The average Bonchev–Trinajstić information content (AvgIpc) is 2.47. The Labute approximate surface area is 76.2 Å². The first kappa shape index (κ1) is 6.98. The van der Waals surface area contributed by atoms with Crippen LogP contribution in [0.5, 0.6) is 0 Å². The van der Waals surface area contributed by atoms with Crippen LogP contribution in [0.15, 0.2) is 6.20 Å². The number of hydrogen-bond acceptors (Lipinski definition) is 5. The molecular weight excluding hydrogens is 178 g/mol. The van der Waals surface area contributed by atoms with E-state index in [9.17, 15) is 10.1 Å². The van der Waals surface area contributed by atoms with Gasteiger partial charge in [-0.25, -0.2) is 9.55 Å². The van der Waals surface area contributed by atoms with E-state index in [4.69, 9.17) is 13.0 Å². The molecule has 0 fully saturated rings. The van der Waals surface area contributed by atoms with E-state index in [1.807, 2.05) is 0 Å². The molecule has 1 heterocycles. The van der Waals surface area contributed by atoms with Gasteiger partial charge >= 0.3 is 5.82 Å². The third-order valence-corrected chi connectivity index (χ3v) is 1.45. The van der Waals surface area contributed by atoms with Crippen molar-refractivity contribution in [2.24, 2.45) is 0 Å². The van der Waals surface area contributed by atoms with Crippen LogP contribution in [0.2, 0.25) is 0 Å². The van der Waals surface area contributed by atoms with Gasteiger partial charge in [0, 0.05) is 0 Å². The number of imidazole rings is 1. The lowest BCUT2D eigenvalue weighted by Gasteiger charge is -1.99. The predicted molar refractivity (Wildman–Crippen MR) is 41.9 cm³/mol. The van der Waals surface area contributed by atoms with Gasteiger partial charge < -0.3 is 20.3 Å². The fraction of sp³-hybridized carbons (Fsp3) is 0.500. The first-order chi connectivity index (χ1) is 6.88. The number of hydrogen-bond donors (Lipinski definition) is 2. The molecule has 2 N–H and O–H groups in total. The van der Waals surface area contributed by atoms with Crippen molar-refractivity contribution in [1.82, 2.24) is 9.55 Å². The van der Waals surface area contributed by atoms with Crippen molar-refractivity contribution >= 4 is 5.82 Å². The highest BCUT2D eigenvalue weighted by atomic mass is 16.6. The number of aliphatic hydroxyl groups excluding tert-OH is 1. The van der Waals surface area contributed by atoms with Gasteiger partial charge in [0.15, 0.2) is 0 Å². The van der Waals surface area contributed by atoms with Crippen molar-refractivity contribution in [3.05, 3.63) is 22.1 Å². The van der Waals surface area contributed by atoms with Crippen LogP contribution in [0.3, 0.4) is 0 Å². The van der Waals surface area contributed by atoms with E-state index in [-0.39, 0.29) is 6.54 Å². The second-order valence-corrected chi connectivity index (χ2v) is 2.18. The molecule has 0 aliphatic rings. The highest BCUT2D eigenvalue weighted by molar-refractivity contribution is 5.18. The summed E-state index contributed by atoms with van der Waals surface area (Å²) in [5.41, 5.74) is 0. The monoisotopic (exact) mass is 189 g/mol. The van der Waals surface area contributed by atoms with E-state index in [1.54, 1.807) is 0 Å². The predicted octanol–water partition coefficient (Wildman–Crippen LogP) is -0.724. The summed E-state index contributed by atoms with van der Waals surface area (Å²) < 4.78 is 14.8. The Kier molecular flexibility index (Phi) is 2.13. The molecule has 0 saturated heterocycles. The molecule has 0 amide bonds. The van der Waals surface area contributed by atoms with Gasteiger partial charge in [-0.15, -0.1) is 0 Å². The molecule has 0 saturated carbocycles. The molecule has 1 aromatic rings. The summed E-state index contributed by atoms with van der Waals surface area (Å²) in [6.45, 7) is -3.39. The summed E-state index contributed by atoms with van der Waals surface area (Å²) in [5, 5.41) is 28.2. The van der Waals surface area contributed by atoms with Gasteiger partial charge in [0.1, 0.15) is 19.3 Å². The van der Waals surface area contributed by atoms with Crippen molar-refractivity contribution in [1.29, 1.82) is 0 Å². The summed E-state index contributed by atoms with van der Waals surface area (Å²) in [6, 6.07) is 0. The average molecular weight is 189 g/mol. The second kappa shape index (κ2) is 3.97. The number of aromatic nitrogens is 2. The lowest BCUT2D eigenvalue weighted by molar-refractivity contribution is -0.392. The molecule has 0 spiro atoms. The first-order valence-corrected chi connectivity index (χ1v) is 3.41. The van der Waals surface area contributed by atoms with Crippen LogP contribution in [0.1, 0.15) is 8.57 Å². The van der Waals surface area contributed by atoms with Gasteiger partial charge in [-0.3, -0.25) is 0 Å². The number of nitrogens with zero attached hydrogens (tertiary/aromatic N) is 3. The van der Waals surface area contributed by atoms with Crippen LogP contribution in [0.4, 0.5) is 5.82 Å². The third-order valence-electron chi connectivity index (χ3n) is 1.45. The van der Waals surface area contributed by atoms with Gasteiger partial charge in [-0.1, -0.05) is 0 Å². The van der Waals surface area contributed by atoms with E-state index >= 15 is 0 Å². The van der Waals surface area contributed by atoms with Crippen LogP contribution in [-0.2, 0) is 13.1 Å². The van der Waals surface area contributed by atoms with E-state index in [0.29, 0.717) is 0 Å². The molecule has 72 valence electrons. The summed E-state index contributed by atoms with van der Waals surface area (Å²) in [4.78, 5) is 13.1. The molecule has 13 heavy (non-hydrogen) atoms. The Bertz CT molecular complexity index is 373. The molecule has 0 unspecified atom stereocenters. The summed E-state index contributed by atoms with van der Waals surface area (Å²) in [5.74, 6) is -0.972. The number of nitro groups is 1. The summed E-state index contributed by atoms with van der Waals surface area (Å²) in [6.07, 6.45) is 0.832. The van der Waals surface area contributed by atoms with E-state index in [0.717, 1.165) is 10.8 Å². The molecule has 0 aliphatic heterocycles. The third kappa shape index (κ3) is 1.82. The molecular formula is C6H9N3O4.